The number of hydrogen-bond donors (Lipinski definition) is 2. The van der Waals surface area contributed by atoms with E-state index in [4.69, 9.17) is 9.15 Å². The third-order valence-corrected chi connectivity index (χ3v) is 5.20. The Morgan fingerprint density at radius 3 is 2.30 bits per heavy atom. The Bertz CT molecular complexity index is 1050. The number of hydrogen-bond acceptors (Lipinski definition) is 5. The van der Waals surface area contributed by atoms with E-state index in [1.54, 1.807) is 30.3 Å². The van der Waals surface area contributed by atoms with Crippen molar-refractivity contribution in [2.45, 2.75) is 65.2 Å². The van der Waals surface area contributed by atoms with Gasteiger partial charge in [-0.3, -0.25) is 0 Å². The third kappa shape index (κ3) is 5.35. The molecule has 0 fully saturated rings. The summed E-state index contributed by atoms with van der Waals surface area (Å²) in [5.74, 6) is 1.62. The highest BCUT2D eigenvalue weighted by molar-refractivity contribution is 5.89. The third-order valence-electron chi connectivity index (χ3n) is 5.20. The minimum Gasteiger partial charge on any atom is -0.508 e. The summed E-state index contributed by atoms with van der Waals surface area (Å²) < 4.78 is 11.6. The topological polar surface area (TPSA) is 79.9 Å². The Hall–Kier alpha value is -2.95. The molecular weight excluding hydrogens is 380 g/mol. The molecule has 3 aromatic rings. The van der Waals surface area contributed by atoms with Crippen LogP contribution in [0.5, 0.6) is 23.0 Å². The summed E-state index contributed by atoms with van der Waals surface area (Å²) in [5.41, 5.74) is 0.390. The van der Waals surface area contributed by atoms with E-state index in [9.17, 15) is 15.0 Å². The maximum Gasteiger partial charge on any atom is 0.347 e. The molecule has 0 atom stereocenters. The lowest BCUT2D eigenvalue weighted by Gasteiger charge is -2.14. The summed E-state index contributed by atoms with van der Waals surface area (Å²) >= 11 is 0. The largest absolute Gasteiger partial charge is 0.508 e. The molecule has 1 aromatic heterocycles. The summed E-state index contributed by atoms with van der Waals surface area (Å²) in [4.78, 5) is 12.7. The van der Waals surface area contributed by atoms with Crippen molar-refractivity contribution < 1.29 is 19.4 Å². The van der Waals surface area contributed by atoms with Gasteiger partial charge in [-0.1, -0.05) is 39.5 Å². The Balaban J connectivity index is 1.97. The molecule has 3 rings (SSSR count). The molecule has 5 nitrogen and oxygen atoms in total. The van der Waals surface area contributed by atoms with Gasteiger partial charge in [-0.05, 0) is 60.5 Å². The number of unbranched alkanes of at least 4 members (excludes halogenated alkanes) is 4. The first-order chi connectivity index (χ1) is 14.5. The minimum atomic E-state index is -0.472. The standard InChI is InChI=1S/C25H30O5/c1-3-5-7-9-17-13-19(26)11-12-22(17)30-23-16-20(27)14-18-15-21(10-8-6-4-2)29-25(28)24(18)23/h11-16,26-27H,3-10H2,1-2H3. The van der Waals surface area contributed by atoms with Gasteiger partial charge in [-0.15, -0.1) is 0 Å². The lowest BCUT2D eigenvalue weighted by molar-refractivity contribution is 0.440. The smallest absolute Gasteiger partial charge is 0.347 e. The van der Waals surface area contributed by atoms with Gasteiger partial charge in [-0.2, -0.15) is 0 Å². The van der Waals surface area contributed by atoms with Gasteiger partial charge in [0.1, 0.15) is 34.1 Å². The van der Waals surface area contributed by atoms with E-state index in [2.05, 4.69) is 13.8 Å². The Kier molecular flexibility index (Phi) is 7.39. The number of benzene rings is 2. The highest BCUT2D eigenvalue weighted by atomic mass is 16.5. The average Bonchev–Trinajstić information content (AvgIpc) is 2.69. The lowest BCUT2D eigenvalue weighted by Crippen LogP contribution is -2.04. The van der Waals surface area contributed by atoms with E-state index >= 15 is 0 Å². The van der Waals surface area contributed by atoms with Crippen molar-refractivity contribution in [3.05, 3.63) is 58.1 Å². The van der Waals surface area contributed by atoms with E-state index in [1.807, 2.05) is 0 Å². The van der Waals surface area contributed by atoms with Gasteiger partial charge in [0.25, 0.3) is 0 Å². The first-order valence-electron chi connectivity index (χ1n) is 10.8. The van der Waals surface area contributed by atoms with Crippen LogP contribution in [0, 0.1) is 0 Å². The van der Waals surface area contributed by atoms with Crippen LogP contribution in [0.2, 0.25) is 0 Å². The quantitative estimate of drug-likeness (QED) is 0.375. The number of phenols is 2. The van der Waals surface area contributed by atoms with Crippen molar-refractivity contribution in [2.75, 3.05) is 0 Å². The van der Waals surface area contributed by atoms with E-state index in [-0.39, 0.29) is 17.2 Å². The van der Waals surface area contributed by atoms with Crippen molar-refractivity contribution in [3.63, 3.8) is 0 Å². The van der Waals surface area contributed by atoms with Gasteiger partial charge in [-0.25, -0.2) is 4.79 Å². The molecule has 2 N–H and O–H groups in total. The van der Waals surface area contributed by atoms with Crippen molar-refractivity contribution in [3.8, 4) is 23.0 Å². The van der Waals surface area contributed by atoms with Crippen LogP contribution < -0.4 is 10.4 Å². The Labute approximate surface area is 176 Å². The highest BCUT2D eigenvalue weighted by Crippen LogP contribution is 2.35. The Morgan fingerprint density at radius 2 is 1.57 bits per heavy atom. The molecule has 0 unspecified atom stereocenters. The second-order valence-corrected chi connectivity index (χ2v) is 7.72. The van der Waals surface area contributed by atoms with Crippen LogP contribution >= 0.6 is 0 Å². The number of aryl methyl sites for hydroxylation is 2. The molecule has 0 amide bonds. The van der Waals surface area contributed by atoms with Crippen molar-refractivity contribution in [1.82, 2.24) is 0 Å². The molecular formula is C25H30O5. The Morgan fingerprint density at radius 1 is 0.833 bits per heavy atom. The summed E-state index contributed by atoms with van der Waals surface area (Å²) in [6, 6.07) is 9.72. The van der Waals surface area contributed by atoms with Crippen LogP contribution in [0.3, 0.4) is 0 Å². The van der Waals surface area contributed by atoms with Gasteiger partial charge in [0.2, 0.25) is 0 Å². The van der Waals surface area contributed by atoms with Gasteiger partial charge in [0.15, 0.2) is 0 Å². The molecule has 30 heavy (non-hydrogen) atoms. The van der Waals surface area contributed by atoms with Crippen LogP contribution in [0.1, 0.15) is 63.7 Å². The molecule has 0 aliphatic carbocycles. The minimum absolute atomic E-state index is 0.0221. The normalized spacial score (nSPS) is 11.1. The van der Waals surface area contributed by atoms with E-state index < -0.39 is 5.63 Å². The van der Waals surface area contributed by atoms with Crippen molar-refractivity contribution >= 4 is 10.8 Å². The molecule has 160 valence electrons. The molecule has 5 heteroatoms. The molecule has 0 saturated carbocycles. The fourth-order valence-corrected chi connectivity index (χ4v) is 3.62. The molecule has 0 bridgehead atoms. The first-order valence-corrected chi connectivity index (χ1v) is 10.8. The summed E-state index contributed by atoms with van der Waals surface area (Å²) in [6.07, 6.45) is 7.68. The maximum atomic E-state index is 12.7. The monoisotopic (exact) mass is 410 g/mol. The number of fused-ring (bicyclic) bond motifs is 1. The first kappa shape index (κ1) is 21.8. The number of rotatable bonds is 10. The fraction of sp³-hybridized carbons (Fsp3) is 0.400. The molecule has 0 saturated heterocycles. The highest BCUT2D eigenvalue weighted by Gasteiger charge is 2.15. The zero-order valence-electron chi connectivity index (χ0n) is 17.7. The van der Waals surface area contributed by atoms with Crippen LogP contribution in [-0.2, 0) is 12.8 Å². The van der Waals surface area contributed by atoms with Crippen molar-refractivity contribution in [2.24, 2.45) is 0 Å². The summed E-state index contributed by atoms with van der Waals surface area (Å²) in [7, 11) is 0. The second kappa shape index (κ2) is 10.2. The summed E-state index contributed by atoms with van der Waals surface area (Å²) in [5, 5.41) is 21.0. The van der Waals surface area contributed by atoms with Crippen LogP contribution in [0.4, 0.5) is 0 Å². The molecule has 0 spiro atoms. The van der Waals surface area contributed by atoms with E-state index in [0.29, 0.717) is 28.7 Å². The number of phenolic OH excluding ortho intramolecular Hbond substituents is 2. The zero-order chi connectivity index (χ0) is 21.5. The average molecular weight is 411 g/mol. The van der Waals surface area contributed by atoms with Crippen LogP contribution in [0.25, 0.3) is 10.8 Å². The lowest BCUT2D eigenvalue weighted by atomic mass is 10.1. The number of aromatic hydroxyl groups is 2. The van der Waals surface area contributed by atoms with Gasteiger partial charge >= 0.3 is 5.63 Å². The van der Waals surface area contributed by atoms with E-state index in [1.165, 1.54) is 6.07 Å². The molecule has 0 aliphatic rings. The molecule has 0 radical (unpaired) electrons. The van der Waals surface area contributed by atoms with Crippen LogP contribution in [0.15, 0.2) is 45.6 Å². The molecule has 1 heterocycles. The predicted octanol–water partition coefficient (Wildman–Crippen LogP) is 6.46. The molecule has 2 aromatic carbocycles. The zero-order valence-corrected chi connectivity index (χ0v) is 17.7. The maximum absolute atomic E-state index is 12.7. The van der Waals surface area contributed by atoms with Gasteiger partial charge in [0.05, 0.1) is 0 Å². The molecule has 0 aliphatic heterocycles. The van der Waals surface area contributed by atoms with Crippen molar-refractivity contribution in [1.29, 1.82) is 0 Å². The van der Waals surface area contributed by atoms with Gasteiger partial charge < -0.3 is 19.4 Å². The summed E-state index contributed by atoms with van der Waals surface area (Å²) in [6.45, 7) is 4.26. The number of ether oxygens (including phenoxy) is 1. The SMILES string of the molecule is CCCCCc1cc2cc(O)cc(Oc3ccc(O)cc3CCCCC)c2c(=O)o1. The second-order valence-electron chi connectivity index (χ2n) is 7.72. The predicted molar refractivity (Wildman–Crippen MR) is 119 cm³/mol. The van der Waals surface area contributed by atoms with Crippen LogP contribution in [-0.4, -0.2) is 10.2 Å². The fourth-order valence-electron chi connectivity index (χ4n) is 3.62. The van der Waals surface area contributed by atoms with E-state index in [0.717, 1.165) is 50.5 Å². The van der Waals surface area contributed by atoms with Gasteiger partial charge in [0, 0.05) is 12.5 Å².